The molecule has 2 rings (SSSR count). The fourth-order valence-corrected chi connectivity index (χ4v) is 2.63. The van der Waals surface area contributed by atoms with Crippen molar-refractivity contribution in [3.05, 3.63) is 39.3 Å². The lowest BCUT2D eigenvalue weighted by Crippen LogP contribution is -2.12. The van der Waals surface area contributed by atoms with Crippen LogP contribution < -0.4 is 5.32 Å². The Morgan fingerprint density at radius 1 is 1.30 bits per heavy atom. The zero-order valence-electron chi connectivity index (χ0n) is 10.2. The molecule has 0 unspecified atom stereocenters. The van der Waals surface area contributed by atoms with Gasteiger partial charge < -0.3 is 5.11 Å². The van der Waals surface area contributed by atoms with Crippen molar-refractivity contribution in [1.29, 1.82) is 0 Å². The van der Waals surface area contributed by atoms with Crippen molar-refractivity contribution < 1.29 is 14.7 Å². The lowest BCUT2D eigenvalue weighted by Gasteiger charge is -2.02. The number of aliphatic carboxylic acids is 1. The third-order valence-electron chi connectivity index (χ3n) is 2.36. The van der Waals surface area contributed by atoms with Crippen LogP contribution in [-0.2, 0) is 11.2 Å². The van der Waals surface area contributed by atoms with Crippen molar-refractivity contribution in [3.63, 3.8) is 0 Å². The summed E-state index contributed by atoms with van der Waals surface area (Å²) >= 11 is 4.47. The third-order valence-corrected chi connectivity index (χ3v) is 3.95. The molecular formula is C12H10BrN3O3S. The molecule has 1 aromatic carbocycles. The molecule has 6 nitrogen and oxygen atoms in total. The number of nitrogens with one attached hydrogen (secondary N) is 1. The maximum atomic E-state index is 12.0. The summed E-state index contributed by atoms with van der Waals surface area (Å²) in [5, 5.41) is 19.8. The monoisotopic (exact) mass is 355 g/mol. The predicted molar refractivity (Wildman–Crippen MR) is 78.0 cm³/mol. The Bertz CT molecular complexity index is 644. The lowest BCUT2D eigenvalue weighted by atomic mass is 10.2. The number of anilines is 1. The van der Waals surface area contributed by atoms with E-state index in [-0.39, 0.29) is 12.3 Å². The Hall–Kier alpha value is -1.80. The number of amides is 1. The van der Waals surface area contributed by atoms with Gasteiger partial charge in [-0.15, -0.1) is 10.2 Å². The molecule has 0 spiro atoms. The molecule has 0 saturated heterocycles. The van der Waals surface area contributed by atoms with E-state index in [1.54, 1.807) is 18.2 Å². The van der Waals surface area contributed by atoms with Gasteiger partial charge in [-0.1, -0.05) is 23.5 Å². The minimum Gasteiger partial charge on any atom is -0.481 e. The molecule has 1 heterocycles. The van der Waals surface area contributed by atoms with Crippen LogP contribution in [0.4, 0.5) is 5.13 Å². The number of aryl methyl sites for hydroxylation is 1. The van der Waals surface area contributed by atoms with Gasteiger partial charge in [-0.2, -0.15) is 0 Å². The molecule has 0 bridgehead atoms. The van der Waals surface area contributed by atoms with Gasteiger partial charge in [-0.05, 0) is 28.1 Å². The van der Waals surface area contributed by atoms with Crippen molar-refractivity contribution >= 4 is 44.3 Å². The SMILES string of the molecule is O=C(O)CCc1nnc(NC(=O)c2ccccc2Br)s1. The summed E-state index contributed by atoms with van der Waals surface area (Å²) in [5.74, 6) is -1.18. The van der Waals surface area contributed by atoms with E-state index in [9.17, 15) is 9.59 Å². The summed E-state index contributed by atoms with van der Waals surface area (Å²) in [6.45, 7) is 0. The average Bonchev–Trinajstić information content (AvgIpc) is 2.84. The molecule has 0 aliphatic heterocycles. The first-order valence-corrected chi connectivity index (χ1v) is 7.27. The van der Waals surface area contributed by atoms with Gasteiger partial charge in [0.2, 0.25) is 5.13 Å². The number of benzene rings is 1. The number of nitrogens with zero attached hydrogens (tertiary/aromatic N) is 2. The van der Waals surface area contributed by atoms with E-state index >= 15 is 0 Å². The highest BCUT2D eigenvalue weighted by molar-refractivity contribution is 9.10. The van der Waals surface area contributed by atoms with E-state index in [0.29, 0.717) is 26.6 Å². The number of halogens is 1. The van der Waals surface area contributed by atoms with Crippen LogP contribution >= 0.6 is 27.3 Å². The lowest BCUT2D eigenvalue weighted by molar-refractivity contribution is -0.136. The molecule has 2 aromatic rings. The van der Waals surface area contributed by atoms with Crippen molar-refractivity contribution in [2.24, 2.45) is 0 Å². The Morgan fingerprint density at radius 2 is 2.05 bits per heavy atom. The molecule has 2 N–H and O–H groups in total. The summed E-state index contributed by atoms with van der Waals surface area (Å²) in [7, 11) is 0. The zero-order chi connectivity index (χ0) is 14.5. The van der Waals surface area contributed by atoms with E-state index < -0.39 is 5.97 Å². The molecular weight excluding hydrogens is 346 g/mol. The Balaban J connectivity index is 2.02. The first kappa shape index (κ1) is 14.6. The minimum atomic E-state index is -0.890. The van der Waals surface area contributed by atoms with E-state index in [4.69, 9.17) is 5.11 Å². The third kappa shape index (κ3) is 3.84. The molecule has 104 valence electrons. The molecule has 0 atom stereocenters. The fourth-order valence-electron chi connectivity index (χ4n) is 1.43. The summed E-state index contributed by atoms with van der Waals surface area (Å²) in [4.78, 5) is 22.5. The number of carbonyl (C=O) groups is 2. The maximum Gasteiger partial charge on any atom is 0.303 e. The summed E-state index contributed by atoms with van der Waals surface area (Å²) in [6.07, 6.45) is 0.296. The van der Waals surface area contributed by atoms with Crippen LogP contribution in [0.3, 0.4) is 0 Å². The topological polar surface area (TPSA) is 92.2 Å². The van der Waals surface area contributed by atoms with Crippen LogP contribution in [0.2, 0.25) is 0 Å². The van der Waals surface area contributed by atoms with Crippen LogP contribution in [0.15, 0.2) is 28.7 Å². The first-order valence-electron chi connectivity index (χ1n) is 5.66. The predicted octanol–water partition coefficient (Wildman–Crippen LogP) is 2.57. The Morgan fingerprint density at radius 3 is 2.75 bits per heavy atom. The van der Waals surface area contributed by atoms with E-state index in [0.717, 1.165) is 0 Å². The second-order valence-corrected chi connectivity index (χ2v) is 5.75. The van der Waals surface area contributed by atoms with Crippen molar-refractivity contribution in [3.8, 4) is 0 Å². The van der Waals surface area contributed by atoms with Crippen LogP contribution in [0.25, 0.3) is 0 Å². The second kappa shape index (κ2) is 6.58. The highest BCUT2D eigenvalue weighted by Crippen LogP contribution is 2.20. The molecule has 8 heteroatoms. The number of rotatable bonds is 5. The highest BCUT2D eigenvalue weighted by Gasteiger charge is 2.12. The molecule has 0 aliphatic rings. The smallest absolute Gasteiger partial charge is 0.303 e. The zero-order valence-corrected chi connectivity index (χ0v) is 12.6. The normalized spacial score (nSPS) is 10.2. The second-order valence-electron chi connectivity index (χ2n) is 3.83. The molecule has 20 heavy (non-hydrogen) atoms. The van der Waals surface area contributed by atoms with E-state index in [1.807, 2.05) is 6.07 Å². The Kier molecular flexibility index (Phi) is 4.80. The fraction of sp³-hybridized carbons (Fsp3) is 0.167. The van der Waals surface area contributed by atoms with Crippen LogP contribution in [0, 0.1) is 0 Å². The quantitative estimate of drug-likeness (QED) is 0.859. The number of carboxylic acids is 1. The number of hydrogen-bond acceptors (Lipinski definition) is 5. The minimum absolute atomic E-state index is 0.00713. The van der Waals surface area contributed by atoms with Gasteiger partial charge in [0.05, 0.1) is 12.0 Å². The molecule has 0 saturated carbocycles. The van der Waals surface area contributed by atoms with Gasteiger partial charge in [0.15, 0.2) is 0 Å². The van der Waals surface area contributed by atoms with Crippen LogP contribution in [0.5, 0.6) is 0 Å². The highest BCUT2D eigenvalue weighted by atomic mass is 79.9. The van der Waals surface area contributed by atoms with Crippen molar-refractivity contribution in [1.82, 2.24) is 10.2 Å². The molecule has 0 radical (unpaired) electrons. The van der Waals surface area contributed by atoms with E-state index in [1.165, 1.54) is 11.3 Å². The average molecular weight is 356 g/mol. The number of aromatic nitrogens is 2. The molecule has 0 aliphatic carbocycles. The first-order chi connectivity index (χ1) is 9.56. The standard InChI is InChI=1S/C12H10BrN3O3S/c13-8-4-2-1-3-7(8)11(19)14-12-16-15-9(20-12)5-6-10(17)18/h1-4H,5-6H2,(H,17,18)(H,14,16,19). The maximum absolute atomic E-state index is 12.0. The molecule has 1 aromatic heterocycles. The summed E-state index contributed by atoms with van der Waals surface area (Å²) in [5.41, 5.74) is 0.495. The van der Waals surface area contributed by atoms with Gasteiger partial charge in [0.25, 0.3) is 5.91 Å². The summed E-state index contributed by atoms with van der Waals surface area (Å²) in [6, 6.07) is 7.03. The van der Waals surface area contributed by atoms with Crippen LogP contribution in [0.1, 0.15) is 21.8 Å². The van der Waals surface area contributed by atoms with Crippen molar-refractivity contribution in [2.75, 3.05) is 5.32 Å². The van der Waals surface area contributed by atoms with Gasteiger partial charge in [-0.3, -0.25) is 14.9 Å². The van der Waals surface area contributed by atoms with E-state index in [2.05, 4.69) is 31.4 Å². The van der Waals surface area contributed by atoms with Crippen LogP contribution in [-0.4, -0.2) is 27.2 Å². The Labute approximate surface area is 127 Å². The molecule has 0 fully saturated rings. The molecule has 1 amide bonds. The van der Waals surface area contributed by atoms with Gasteiger partial charge in [0, 0.05) is 10.9 Å². The number of carboxylic acid groups (broad SMARTS) is 1. The number of hydrogen-bond donors (Lipinski definition) is 2. The number of carbonyl (C=O) groups excluding carboxylic acids is 1. The van der Waals surface area contributed by atoms with Gasteiger partial charge in [-0.25, -0.2) is 0 Å². The largest absolute Gasteiger partial charge is 0.481 e. The summed E-state index contributed by atoms with van der Waals surface area (Å²) < 4.78 is 0.688. The van der Waals surface area contributed by atoms with Gasteiger partial charge in [0.1, 0.15) is 5.01 Å². The van der Waals surface area contributed by atoms with Gasteiger partial charge >= 0.3 is 5.97 Å². The van der Waals surface area contributed by atoms with Crippen molar-refractivity contribution in [2.45, 2.75) is 12.8 Å².